The van der Waals surface area contributed by atoms with Crippen molar-refractivity contribution in [2.45, 2.75) is 19.9 Å². The lowest BCUT2D eigenvalue weighted by Gasteiger charge is -2.29. The highest BCUT2D eigenvalue weighted by atomic mass is 32.2. The van der Waals surface area contributed by atoms with E-state index in [1.165, 1.54) is 19.1 Å². The van der Waals surface area contributed by atoms with Crippen molar-refractivity contribution in [1.82, 2.24) is 0 Å². The van der Waals surface area contributed by atoms with Crippen molar-refractivity contribution >= 4 is 33.0 Å². The number of nitro groups is 1. The monoisotopic (exact) mass is 433 g/mol. The summed E-state index contributed by atoms with van der Waals surface area (Å²) in [6.45, 7) is 6.88. The van der Waals surface area contributed by atoms with Gasteiger partial charge in [-0.05, 0) is 31.5 Å². The van der Waals surface area contributed by atoms with Crippen LogP contribution in [0.5, 0.6) is 5.75 Å². The van der Waals surface area contributed by atoms with Crippen molar-refractivity contribution in [3.63, 3.8) is 0 Å². The summed E-state index contributed by atoms with van der Waals surface area (Å²) in [7, 11) is -3.93. The van der Waals surface area contributed by atoms with Crippen LogP contribution in [0.2, 0.25) is 0 Å². The minimum absolute atomic E-state index is 0.0671. The van der Waals surface area contributed by atoms with Crippen LogP contribution in [0, 0.1) is 17.0 Å². The Hall–Kier alpha value is -3.40. The molecule has 1 N–H and O–H groups in total. The zero-order chi connectivity index (χ0) is 22.5. The first kappa shape index (κ1) is 22.9. The van der Waals surface area contributed by atoms with Crippen LogP contribution in [0.1, 0.15) is 12.5 Å². The molecule has 0 saturated carbocycles. The minimum Gasteiger partial charge on any atom is -0.489 e. The molecule has 0 radical (unpaired) electrons. The summed E-state index contributed by atoms with van der Waals surface area (Å²) < 4.78 is 31.3. The molecule has 1 amide bonds. The number of carbonyl (C=O) groups is 1. The van der Waals surface area contributed by atoms with Crippen LogP contribution in [0.15, 0.2) is 55.1 Å². The third-order valence-corrected chi connectivity index (χ3v) is 5.43. The lowest BCUT2D eigenvalue weighted by Crippen LogP contribution is -2.45. The van der Waals surface area contributed by atoms with Crippen molar-refractivity contribution in [3.05, 3.63) is 70.8 Å². The molecule has 9 nitrogen and oxygen atoms in total. The molecule has 0 spiro atoms. The molecule has 10 heteroatoms. The average Bonchev–Trinajstić information content (AvgIpc) is 2.67. The molecule has 30 heavy (non-hydrogen) atoms. The Labute approximate surface area is 175 Å². The maximum absolute atomic E-state index is 12.8. The number of non-ortho nitro benzene ring substituents is 1. The largest absolute Gasteiger partial charge is 0.489 e. The predicted octanol–water partition coefficient (Wildman–Crippen LogP) is 3.26. The predicted molar refractivity (Wildman–Crippen MR) is 115 cm³/mol. The standard InChI is InChI=1S/C20H23N3O6S/c1-5-11-29-18-8-6-7-16(12-18)21-20(24)15(3)22(30(4,27)28)19-13-17(23(25)26)10-9-14(19)2/h5-10,12-13,15H,1,11H2,2-4H3,(H,21,24)/t15-/m0/s1. The van der Waals surface area contributed by atoms with Gasteiger partial charge in [-0.15, -0.1) is 0 Å². The molecule has 0 bridgehead atoms. The van der Waals surface area contributed by atoms with Crippen LogP contribution in [0.3, 0.4) is 0 Å². The number of nitro benzene ring substituents is 1. The van der Waals surface area contributed by atoms with Crippen LogP contribution < -0.4 is 14.4 Å². The quantitative estimate of drug-likeness (QED) is 0.368. The van der Waals surface area contributed by atoms with Gasteiger partial charge >= 0.3 is 0 Å². The van der Waals surface area contributed by atoms with Crippen LogP contribution in [0.25, 0.3) is 0 Å². The molecule has 2 rings (SSSR count). The summed E-state index contributed by atoms with van der Waals surface area (Å²) in [5, 5.41) is 13.8. The first-order chi connectivity index (χ1) is 14.0. The number of aryl methyl sites for hydroxylation is 1. The van der Waals surface area contributed by atoms with Crippen molar-refractivity contribution in [2.75, 3.05) is 22.5 Å². The number of hydrogen-bond acceptors (Lipinski definition) is 6. The average molecular weight is 433 g/mol. The molecule has 0 aliphatic heterocycles. The highest BCUT2D eigenvalue weighted by molar-refractivity contribution is 7.92. The van der Waals surface area contributed by atoms with Gasteiger partial charge in [-0.1, -0.05) is 24.8 Å². The Morgan fingerprint density at radius 3 is 2.63 bits per heavy atom. The first-order valence-electron chi connectivity index (χ1n) is 8.93. The van der Waals surface area contributed by atoms with Gasteiger partial charge < -0.3 is 10.1 Å². The molecule has 0 unspecified atom stereocenters. The fourth-order valence-corrected chi connectivity index (χ4v) is 4.02. The number of carbonyl (C=O) groups excluding carboxylic acids is 1. The number of anilines is 2. The van der Waals surface area contributed by atoms with Crippen LogP contribution >= 0.6 is 0 Å². The maximum Gasteiger partial charge on any atom is 0.271 e. The van der Waals surface area contributed by atoms with Gasteiger partial charge in [-0.3, -0.25) is 19.2 Å². The van der Waals surface area contributed by atoms with E-state index in [4.69, 9.17) is 4.74 Å². The SMILES string of the molecule is C=CCOc1cccc(NC(=O)[C@H](C)N(c2cc([N+](=O)[O-])ccc2C)S(C)(=O)=O)c1. The number of ether oxygens (including phenoxy) is 1. The van der Waals surface area contributed by atoms with E-state index in [2.05, 4.69) is 11.9 Å². The molecule has 1 atom stereocenters. The second-order valence-corrected chi connectivity index (χ2v) is 8.44. The number of sulfonamides is 1. The Morgan fingerprint density at radius 1 is 1.33 bits per heavy atom. The zero-order valence-corrected chi connectivity index (χ0v) is 17.7. The van der Waals surface area contributed by atoms with Gasteiger partial charge in [0.1, 0.15) is 18.4 Å². The molecule has 2 aromatic carbocycles. The van der Waals surface area contributed by atoms with Gasteiger partial charge in [-0.2, -0.15) is 0 Å². The van der Waals surface area contributed by atoms with Crippen LogP contribution in [0.4, 0.5) is 17.1 Å². The molecular formula is C20H23N3O6S. The lowest BCUT2D eigenvalue weighted by atomic mass is 10.1. The number of amides is 1. The molecule has 0 saturated heterocycles. The first-order valence-corrected chi connectivity index (χ1v) is 10.8. The summed E-state index contributed by atoms with van der Waals surface area (Å²) in [5.74, 6) is -0.0953. The Balaban J connectivity index is 2.36. The molecular weight excluding hydrogens is 410 g/mol. The van der Waals surface area contributed by atoms with E-state index >= 15 is 0 Å². The van der Waals surface area contributed by atoms with Crippen molar-refractivity contribution < 1.29 is 22.9 Å². The maximum atomic E-state index is 12.8. The minimum atomic E-state index is -3.93. The zero-order valence-electron chi connectivity index (χ0n) is 16.9. The number of rotatable bonds is 9. The van der Waals surface area contributed by atoms with Crippen molar-refractivity contribution in [1.29, 1.82) is 0 Å². The van der Waals surface area contributed by atoms with Crippen molar-refractivity contribution in [2.24, 2.45) is 0 Å². The smallest absolute Gasteiger partial charge is 0.271 e. The topological polar surface area (TPSA) is 119 Å². The Bertz CT molecular complexity index is 1070. The molecule has 0 aliphatic carbocycles. The van der Waals surface area contributed by atoms with Crippen LogP contribution in [-0.4, -0.2) is 38.2 Å². The number of benzene rings is 2. The summed E-state index contributed by atoms with van der Waals surface area (Å²) in [4.78, 5) is 23.3. The fraction of sp³-hybridized carbons (Fsp3) is 0.250. The third-order valence-electron chi connectivity index (χ3n) is 4.20. The molecule has 2 aromatic rings. The van der Waals surface area contributed by atoms with Crippen molar-refractivity contribution in [3.8, 4) is 5.75 Å². The van der Waals surface area contributed by atoms with Gasteiger partial charge in [0.2, 0.25) is 15.9 Å². The highest BCUT2D eigenvalue weighted by Gasteiger charge is 2.31. The summed E-state index contributed by atoms with van der Waals surface area (Å²) in [6.07, 6.45) is 2.53. The van der Waals surface area contributed by atoms with E-state index < -0.39 is 26.9 Å². The summed E-state index contributed by atoms with van der Waals surface area (Å²) in [5.41, 5.74) is 0.685. The van der Waals surface area contributed by atoms with E-state index in [0.717, 1.165) is 16.6 Å². The second-order valence-electron chi connectivity index (χ2n) is 6.58. The lowest BCUT2D eigenvalue weighted by molar-refractivity contribution is -0.384. The summed E-state index contributed by atoms with van der Waals surface area (Å²) >= 11 is 0. The third kappa shape index (κ3) is 5.57. The number of nitrogens with zero attached hydrogens (tertiary/aromatic N) is 2. The van der Waals surface area contributed by atoms with E-state index in [0.29, 0.717) is 23.6 Å². The molecule has 0 heterocycles. The highest BCUT2D eigenvalue weighted by Crippen LogP contribution is 2.29. The summed E-state index contributed by atoms with van der Waals surface area (Å²) in [6, 6.07) is 9.31. The van der Waals surface area contributed by atoms with Crippen LogP contribution in [-0.2, 0) is 14.8 Å². The second kappa shape index (κ2) is 9.40. The van der Waals surface area contributed by atoms with Gasteiger partial charge in [-0.25, -0.2) is 8.42 Å². The number of hydrogen-bond donors (Lipinski definition) is 1. The Kier molecular flexibility index (Phi) is 7.17. The molecule has 160 valence electrons. The molecule has 0 fully saturated rings. The van der Waals surface area contributed by atoms with E-state index in [1.54, 1.807) is 37.3 Å². The van der Waals surface area contributed by atoms with E-state index in [-0.39, 0.29) is 11.4 Å². The molecule has 0 aliphatic rings. The normalized spacial score (nSPS) is 12.0. The van der Waals surface area contributed by atoms with E-state index in [1.807, 2.05) is 0 Å². The van der Waals surface area contributed by atoms with Gasteiger partial charge in [0.15, 0.2) is 0 Å². The fourth-order valence-electron chi connectivity index (χ4n) is 2.80. The van der Waals surface area contributed by atoms with Gasteiger partial charge in [0.05, 0.1) is 16.9 Å². The Morgan fingerprint density at radius 2 is 2.03 bits per heavy atom. The van der Waals surface area contributed by atoms with E-state index in [9.17, 15) is 23.3 Å². The van der Waals surface area contributed by atoms with Gasteiger partial charge in [0, 0.05) is 23.9 Å². The molecule has 0 aromatic heterocycles. The van der Waals surface area contributed by atoms with Gasteiger partial charge in [0.25, 0.3) is 5.69 Å². The number of nitrogens with one attached hydrogen (secondary N) is 1.